The second kappa shape index (κ2) is 7.41. The van der Waals surface area contributed by atoms with Gasteiger partial charge in [0.15, 0.2) is 5.82 Å². The van der Waals surface area contributed by atoms with Crippen LogP contribution < -0.4 is 16.4 Å². The summed E-state index contributed by atoms with van der Waals surface area (Å²) < 4.78 is 27.1. The van der Waals surface area contributed by atoms with Crippen LogP contribution in [0.15, 0.2) is 30.3 Å². The number of anilines is 4. The average Bonchev–Trinajstić information content (AvgIpc) is 3.00. The molecule has 3 aromatic rings. The Kier molecular flexibility index (Phi) is 4.81. The Morgan fingerprint density at radius 2 is 1.89 bits per heavy atom. The van der Waals surface area contributed by atoms with Gasteiger partial charge in [-0.1, -0.05) is 12.5 Å². The Morgan fingerprint density at radius 1 is 1.11 bits per heavy atom. The van der Waals surface area contributed by atoms with Gasteiger partial charge in [-0.05, 0) is 25.8 Å². The van der Waals surface area contributed by atoms with E-state index >= 15 is 0 Å². The number of H-pyrrole nitrogens is 1. The first-order valence-electron chi connectivity index (χ1n) is 9.16. The fourth-order valence-corrected chi connectivity index (χ4v) is 3.22. The van der Waals surface area contributed by atoms with E-state index in [1.807, 2.05) is 6.07 Å². The summed E-state index contributed by atoms with van der Waals surface area (Å²) in [5, 5.41) is 13.5. The summed E-state index contributed by atoms with van der Waals surface area (Å²) in [4.78, 5) is 8.30. The minimum absolute atomic E-state index is 0.0639. The van der Waals surface area contributed by atoms with Crippen LogP contribution in [-0.4, -0.2) is 20.2 Å². The van der Waals surface area contributed by atoms with Crippen LogP contribution in [-0.2, 0) is 0 Å². The molecular formula is C19H21F2N7. The summed E-state index contributed by atoms with van der Waals surface area (Å²) in [6.45, 7) is 1.75. The van der Waals surface area contributed by atoms with Crippen LogP contribution >= 0.6 is 0 Å². The molecule has 0 saturated heterocycles. The van der Waals surface area contributed by atoms with Gasteiger partial charge in [-0.25, -0.2) is 8.78 Å². The first-order chi connectivity index (χ1) is 13.5. The Morgan fingerprint density at radius 3 is 2.61 bits per heavy atom. The SMILES string of the molecule is CC(Nc1cc(Nc2cc(C3CCC3)[nH]n2)nc(N)n1)c1ccc(F)cc1F. The number of aromatic nitrogens is 4. The van der Waals surface area contributed by atoms with Gasteiger partial charge in [0.1, 0.15) is 23.3 Å². The van der Waals surface area contributed by atoms with Crippen molar-refractivity contribution in [3.8, 4) is 0 Å². The fourth-order valence-electron chi connectivity index (χ4n) is 3.22. The summed E-state index contributed by atoms with van der Waals surface area (Å²) in [5.74, 6) is 0.890. The monoisotopic (exact) mass is 385 g/mol. The fraction of sp³-hybridized carbons (Fsp3) is 0.316. The molecular weight excluding hydrogens is 364 g/mol. The van der Waals surface area contributed by atoms with Crippen molar-refractivity contribution in [2.75, 3.05) is 16.4 Å². The molecule has 0 spiro atoms. The number of aromatic amines is 1. The molecule has 1 saturated carbocycles. The third kappa shape index (κ3) is 3.88. The third-order valence-electron chi connectivity index (χ3n) is 4.94. The number of nitrogen functional groups attached to an aromatic ring is 1. The molecule has 1 aliphatic carbocycles. The highest BCUT2D eigenvalue weighted by molar-refractivity contribution is 5.58. The highest BCUT2D eigenvalue weighted by Crippen LogP contribution is 2.36. The predicted octanol–water partition coefficient (Wildman–Crippen LogP) is 4.24. The lowest BCUT2D eigenvalue weighted by Gasteiger charge is -2.23. The van der Waals surface area contributed by atoms with Crippen LogP contribution in [0.3, 0.4) is 0 Å². The highest BCUT2D eigenvalue weighted by atomic mass is 19.1. The van der Waals surface area contributed by atoms with Crippen molar-refractivity contribution in [3.05, 3.63) is 53.2 Å². The van der Waals surface area contributed by atoms with Gasteiger partial charge in [0.2, 0.25) is 5.95 Å². The lowest BCUT2D eigenvalue weighted by molar-refractivity contribution is 0.410. The lowest BCUT2D eigenvalue weighted by atomic mass is 9.83. The molecule has 0 aliphatic heterocycles. The molecule has 0 radical (unpaired) electrons. The van der Waals surface area contributed by atoms with E-state index in [9.17, 15) is 8.78 Å². The van der Waals surface area contributed by atoms with Gasteiger partial charge in [-0.3, -0.25) is 5.10 Å². The molecule has 28 heavy (non-hydrogen) atoms. The molecule has 1 atom stereocenters. The van der Waals surface area contributed by atoms with E-state index < -0.39 is 17.7 Å². The van der Waals surface area contributed by atoms with Crippen LogP contribution in [0, 0.1) is 11.6 Å². The van der Waals surface area contributed by atoms with Crippen molar-refractivity contribution in [2.24, 2.45) is 0 Å². The predicted molar refractivity (Wildman–Crippen MR) is 103 cm³/mol. The van der Waals surface area contributed by atoms with E-state index in [2.05, 4.69) is 30.8 Å². The van der Waals surface area contributed by atoms with Gasteiger partial charge in [-0.15, -0.1) is 0 Å². The van der Waals surface area contributed by atoms with E-state index in [1.54, 1.807) is 13.0 Å². The van der Waals surface area contributed by atoms with Gasteiger partial charge >= 0.3 is 0 Å². The molecule has 9 heteroatoms. The number of nitrogens with one attached hydrogen (secondary N) is 3. The number of nitrogens with two attached hydrogens (primary N) is 1. The topological polar surface area (TPSA) is 105 Å². The minimum Gasteiger partial charge on any atom is -0.368 e. The van der Waals surface area contributed by atoms with Crippen molar-refractivity contribution in [1.29, 1.82) is 0 Å². The molecule has 2 aromatic heterocycles. The first kappa shape index (κ1) is 18.1. The van der Waals surface area contributed by atoms with Crippen LogP contribution in [0.2, 0.25) is 0 Å². The maximum absolute atomic E-state index is 14.0. The van der Waals surface area contributed by atoms with Gasteiger partial charge in [-0.2, -0.15) is 15.1 Å². The Bertz CT molecular complexity index is 984. The van der Waals surface area contributed by atoms with Crippen molar-refractivity contribution in [1.82, 2.24) is 20.2 Å². The van der Waals surface area contributed by atoms with E-state index in [-0.39, 0.29) is 5.95 Å². The van der Waals surface area contributed by atoms with Gasteiger partial charge < -0.3 is 16.4 Å². The second-order valence-electron chi connectivity index (χ2n) is 6.99. The maximum Gasteiger partial charge on any atom is 0.223 e. The zero-order valence-corrected chi connectivity index (χ0v) is 15.3. The number of rotatable bonds is 6. The first-order valence-corrected chi connectivity index (χ1v) is 9.16. The van der Waals surface area contributed by atoms with Crippen molar-refractivity contribution < 1.29 is 8.78 Å². The van der Waals surface area contributed by atoms with Crippen molar-refractivity contribution in [3.63, 3.8) is 0 Å². The zero-order chi connectivity index (χ0) is 19.7. The Balaban J connectivity index is 1.49. The molecule has 0 amide bonds. The summed E-state index contributed by atoms with van der Waals surface area (Å²) in [6.07, 6.45) is 3.60. The minimum atomic E-state index is -0.625. The molecule has 1 fully saturated rings. The van der Waals surface area contributed by atoms with Crippen LogP contribution in [0.25, 0.3) is 0 Å². The quantitative estimate of drug-likeness (QED) is 0.506. The number of nitrogens with zero attached hydrogens (tertiary/aromatic N) is 3. The number of benzene rings is 1. The van der Waals surface area contributed by atoms with Crippen molar-refractivity contribution >= 4 is 23.4 Å². The van der Waals surface area contributed by atoms with Crippen LogP contribution in [0.5, 0.6) is 0 Å². The second-order valence-corrected chi connectivity index (χ2v) is 6.99. The smallest absolute Gasteiger partial charge is 0.223 e. The molecule has 5 N–H and O–H groups in total. The summed E-state index contributed by atoms with van der Waals surface area (Å²) in [6, 6.07) is 6.65. The standard InChI is InChI=1S/C19H21F2N7/c1-10(13-6-5-12(20)7-14(13)21)23-16-9-17(26-19(22)25-16)24-18-8-15(27-28-18)11-3-2-4-11/h5-11H,2-4H2,1H3,(H5,22,23,24,25,26,27,28). The number of hydrogen-bond acceptors (Lipinski definition) is 6. The number of hydrogen-bond donors (Lipinski definition) is 4. The summed E-state index contributed by atoms with van der Waals surface area (Å²) in [5.41, 5.74) is 7.24. The van der Waals surface area contributed by atoms with E-state index in [0.29, 0.717) is 28.9 Å². The van der Waals surface area contributed by atoms with Gasteiger partial charge in [0.05, 0.1) is 6.04 Å². The third-order valence-corrected chi connectivity index (χ3v) is 4.94. The molecule has 4 rings (SSSR count). The van der Waals surface area contributed by atoms with E-state index in [4.69, 9.17) is 5.73 Å². The maximum atomic E-state index is 14.0. The summed E-state index contributed by atoms with van der Waals surface area (Å²) >= 11 is 0. The average molecular weight is 385 g/mol. The number of halogens is 2. The van der Waals surface area contributed by atoms with E-state index in [1.165, 1.54) is 31.4 Å². The van der Waals surface area contributed by atoms with E-state index in [0.717, 1.165) is 11.8 Å². The Labute approximate surface area is 160 Å². The lowest BCUT2D eigenvalue weighted by Crippen LogP contribution is -2.12. The zero-order valence-electron chi connectivity index (χ0n) is 15.3. The highest BCUT2D eigenvalue weighted by Gasteiger charge is 2.21. The molecule has 0 bridgehead atoms. The molecule has 146 valence electrons. The molecule has 1 aliphatic rings. The molecule has 1 unspecified atom stereocenters. The van der Waals surface area contributed by atoms with Crippen LogP contribution in [0.4, 0.5) is 32.2 Å². The molecule has 1 aromatic carbocycles. The normalized spacial score (nSPS) is 15.1. The molecule has 7 nitrogen and oxygen atoms in total. The van der Waals surface area contributed by atoms with Crippen LogP contribution in [0.1, 0.15) is 49.4 Å². The van der Waals surface area contributed by atoms with Crippen molar-refractivity contribution in [2.45, 2.75) is 38.1 Å². The largest absolute Gasteiger partial charge is 0.368 e. The van der Waals surface area contributed by atoms with Gasteiger partial charge in [0, 0.05) is 35.4 Å². The summed E-state index contributed by atoms with van der Waals surface area (Å²) in [7, 11) is 0. The molecule has 2 heterocycles. The Hall–Kier alpha value is -3.23. The van der Waals surface area contributed by atoms with Gasteiger partial charge in [0.25, 0.3) is 0 Å².